The standard InChI is InChI=1S/C70H139N2O6P/c1-6-8-10-12-14-16-18-20-22-24-26-28-30-32-33-34-35-36-37-38-39-40-42-44-46-48-50-52-54-56-58-60-62-64-70(74)71-68(67-78-79(75,76)77-66-65-72(3,4)5)69(73)63-61-59-57-55-53-51-49-47-45-43-41-31-29-27-25-23-21-19-17-15-13-11-9-7-2/h53,55,61,63,68-69,73H,6-52,54,56-60,62,64-67H2,1-5H3,(H-,71,74,75,76)/b55-53+,63-61+. The van der Waals surface area contributed by atoms with Gasteiger partial charge >= 0.3 is 0 Å². The van der Waals surface area contributed by atoms with E-state index in [2.05, 4.69) is 31.3 Å². The molecule has 0 aromatic heterocycles. The quantitative estimate of drug-likeness (QED) is 0.0272. The summed E-state index contributed by atoms with van der Waals surface area (Å²) in [5.41, 5.74) is 0. The maximum atomic E-state index is 13.0. The van der Waals surface area contributed by atoms with Crippen molar-refractivity contribution in [3.63, 3.8) is 0 Å². The molecule has 0 bridgehead atoms. The lowest BCUT2D eigenvalue weighted by Crippen LogP contribution is -2.45. The molecule has 8 nitrogen and oxygen atoms in total. The van der Waals surface area contributed by atoms with Crippen LogP contribution in [0.5, 0.6) is 0 Å². The Kier molecular flexibility index (Phi) is 60.7. The summed E-state index contributed by atoms with van der Waals surface area (Å²) < 4.78 is 23.4. The average Bonchev–Trinajstić information content (AvgIpc) is 3.42. The van der Waals surface area contributed by atoms with Crippen LogP contribution in [0.3, 0.4) is 0 Å². The maximum Gasteiger partial charge on any atom is 0.268 e. The first-order valence-corrected chi connectivity index (χ1v) is 36.7. The molecule has 0 aliphatic heterocycles. The molecule has 0 aromatic carbocycles. The molecule has 0 radical (unpaired) electrons. The smallest absolute Gasteiger partial charge is 0.268 e. The minimum Gasteiger partial charge on any atom is -0.756 e. The molecule has 3 unspecified atom stereocenters. The van der Waals surface area contributed by atoms with Crippen LogP contribution in [0.4, 0.5) is 0 Å². The highest BCUT2D eigenvalue weighted by molar-refractivity contribution is 7.45. The lowest BCUT2D eigenvalue weighted by atomic mass is 10.0. The van der Waals surface area contributed by atoms with Gasteiger partial charge in [-0.3, -0.25) is 9.36 Å². The summed E-state index contributed by atoms with van der Waals surface area (Å²) in [6.07, 6.45) is 80.3. The number of carbonyl (C=O) groups is 1. The largest absolute Gasteiger partial charge is 0.756 e. The highest BCUT2D eigenvalue weighted by atomic mass is 31.2. The van der Waals surface area contributed by atoms with Crippen molar-refractivity contribution >= 4 is 13.7 Å². The van der Waals surface area contributed by atoms with Gasteiger partial charge in [0.15, 0.2) is 0 Å². The van der Waals surface area contributed by atoms with Gasteiger partial charge in [-0.15, -0.1) is 0 Å². The number of hydrogen-bond acceptors (Lipinski definition) is 6. The fourth-order valence-electron chi connectivity index (χ4n) is 10.9. The number of aliphatic hydroxyl groups excluding tert-OH is 1. The number of likely N-dealkylation sites (N-methyl/N-ethyl adjacent to an activating group) is 1. The number of phosphoric acid groups is 1. The van der Waals surface area contributed by atoms with Crippen molar-refractivity contribution in [2.45, 2.75) is 379 Å². The number of hydrogen-bond donors (Lipinski definition) is 2. The number of aliphatic hydroxyl groups is 1. The third-order valence-corrected chi connectivity index (χ3v) is 17.4. The maximum absolute atomic E-state index is 13.0. The van der Waals surface area contributed by atoms with Gasteiger partial charge in [0.2, 0.25) is 5.91 Å². The summed E-state index contributed by atoms with van der Waals surface area (Å²) in [5, 5.41) is 13.9. The number of unbranched alkanes of at least 4 members (excludes halogenated alkanes) is 51. The molecule has 0 fully saturated rings. The Morgan fingerprint density at radius 2 is 0.709 bits per heavy atom. The van der Waals surface area contributed by atoms with Gasteiger partial charge in [-0.1, -0.05) is 353 Å². The first kappa shape index (κ1) is 78.0. The second kappa shape index (κ2) is 61.5. The van der Waals surface area contributed by atoms with Crippen LogP contribution >= 0.6 is 7.82 Å². The first-order valence-electron chi connectivity index (χ1n) is 35.2. The normalized spacial score (nSPS) is 13.8. The van der Waals surface area contributed by atoms with E-state index in [0.717, 1.165) is 38.5 Å². The molecule has 3 atom stereocenters. The molecule has 0 rings (SSSR count). The molecular formula is C70H139N2O6P. The highest BCUT2D eigenvalue weighted by Gasteiger charge is 2.23. The fourth-order valence-corrected chi connectivity index (χ4v) is 11.7. The molecule has 470 valence electrons. The van der Waals surface area contributed by atoms with Crippen LogP contribution in [-0.2, 0) is 18.4 Å². The molecule has 0 heterocycles. The summed E-state index contributed by atoms with van der Waals surface area (Å²) in [7, 11) is 1.26. The molecule has 2 N–H and O–H groups in total. The van der Waals surface area contributed by atoms with E-state index in [9.17, 15) is 19.4 Å². The van der Waals surface area contributed by atoms with Crippen LogP contribution in [0.15, 0.2) is 24.3 Å². The monoisotopic (exact) mass is 1140 g/mol. The van der Waals surface area contributed by atoms with Crippen LogP contribution in [0.25, 0.3) is 0 Å². The highest BCUT2D eigenvalue weighted by Crippen LogP contribution is 2.38. The van der Waals surface area contributed by atoms with Gasteiger partial charge in [0, 0.05) is 6.42 Å². The lowest BCUT2D eigenvalue weighted by molar-refractivity contribution is -0.870. The topological polar surface area (TPSA) is 108 Å². The van der Waals surface area contributed by atoms with Crippen molar-refractivity contribution < 1.29 is 32.9 Å². The SMILES string of the molecule is CCCCCCCCCCCCCCCCCCCC/C=C/CC/C=C/C(O)C(COP(=O)([O-])OCC[N+](C)(C)C)NC(=O)CCCCCCCCCCCCCCCCCCCCCCCCCCCCCCCCCCC. The van der Waals surface area contributed by atoms with Crippen molar-refractivity contribution in [1.82, 2.24) is 5.32 Å². The van der Waals surface area contributed by atoms with E-state index >= 15 is 0 Å². The van der Waals surface area contributed by atoms with Crippen molar-refractivity contribution in [3.8, 4) is 0 Å². The number of quaternary nitrogens is 1. The van der Waals surface area contributed by atoms with Crippen molar-refractivity contribution in [1.29, 1.82) is 0 Å². The van der Waals surface area contributed by atoms with Crippen LogP contribution in [0.1, 0.15) is 367 Å². The Morgan fingerprint density at radius 1 is 0.430 bits per heavy atom. The number of nitrogens with zero attached hydrogens (tertiary/aromatic N) is 1. The van der Waals surface area contributed by atoms with Crippen LogP contribution in [-0.4, -0.2) is 68.5 Å². The lowest BCUT2D eigenvalue weighted by Gasteiger charge is -2.29. The number of carbonyl (C=O) groups excluding carboxylic acids is 1. The molecule has 0 saturated heterocycles. The molecular weight excluding hydrogens is 996 g/mol. The van der Waals surface area contributed by atoms with Gasteiger partial charge < -0.3 is 28.8 Å². The fraction of sp³-hybridized carbons (Fsp3) is 0.929. The van der Waals surface area contributed by atoms with E-state index in [1.807, 2.05) is 27.2 Å². The Balaban J connectivity index is 4.03. The Bertz CT molecular complexity index is 1340. The van der Waals surface area contributed by atoms with Crippen LogP contribution in [0.2, 0.25) is 0 Å². The number of phosphoric ester groups is 1. The summed E-state index contributed by atoms with van der Waals surface area (Å²) in [4.78, 5) is 25.6. The zero-order chi connectivity index (χ0) is 57.7. The second-order valence-corrected chi connectivity index (χ2v) is 27.0. The van der Waals surface area contributed by atoms with Crippen molar-refractivity contribution in [2.75, 3.05) is 40.9 Å². The van der Waals surface area contributed by atoms with Gasteiger partial charge in [0.05, 0.1) is 39.9 Å². The zero-order valence-corrected chi connectivity index (χ0v) is 54.8. The predicted molar refractivity (Wildman–Crippen MR) is 344 cm³/mol. The van der Waals surface area contributed by atoms with E-state index in [0.29, 0.717) is 17.4 Å². The molecule has 79 heavy (non-hydrogen) atoms. The van der Waals surface area contributed by atoms with E-state index in [-0.39, 0.29) is 19.1 Å². The van der Waals surface area contributed by atoms with Crippen molar-refractivity contribution in [2.24, 2.45) is 0 Å². The number of nitrogens with one attached hydrogen (secondary N) is 1. The van der Waals surface area contributed by atoms with Crippen LogP contribution < -0.4 is 10.2 Å². The minimum absolute atomic E-state index is 0.00343. The summed E-state index contributed by atoms with van der Waals surface area (Å²) in [5.74, 6) is -0.198. The first-order chi connectivity index (χ1) is 38.5. The van der Waals surface area contributed by atoms with Gasteiger partial charge in [-0.25, -0.2) is 0 Å². The second-order valence-electron chi connectivity index (χ2n) is 25.6. The summed E-state index contributed by atoms with van der Waals surface area (Å²) >= 11 is 0. The van der Waals surface area contributed by atoms with E-state index in [1.54, 1.807) is 6.08 Å². The molecule has 0 aliphatic carbocycles. The van der Waals surface area contributed by atoms with Crippen molar-refractivity contribution in [3.05, 3.63) is 24.3 Å². The zero-order valence-electron chi connectivity index (χ0n) is 53.9. The minimum atomic E-state index is -4.61. The molecule has 0 spiro atoms. The summed E-state index contributed by atoms with van der Waals surface area (Å²) in [6, 6.07) is -0.902. The predicted octanol–water partition coefficient (Wildman–Crippen LogP) is 21.6. The molecule has 0 saturated carbocycles. The molecule has 0 aromatic rings. The average molecular weight is 1140 g/mol. The van der Waals surface area contributed by atoms with Gasteiger partial charge in [0.25, 0.3) is 7.82 Å². The number of rotatable bonds is 66. The Morgan fingerprint density at radius 3 is 1.03 bits per heavy atom. The molecule has 9 heteroatoms. The number of allylic oxidation sites excluding steroid dienone is 3. The summed E-state index contributed by atoms with van der Waals surface area (Å²) in [6.45, 7) is 4.70. The van der Waals surface area contributed by atoms with Gasteiger partial charge in [0.1, 0.15) is 13.2 Å². The van der Waals surface area contributed by atoms with E-state index in [4.69, 9.17) is 9.05 Å². The third-order valence-electron chi connectivity index (χ3n) is 16.4. The molecule has 0 aliphatic rings. The van der Waals surface area contributed by atoms with E-state index < -0.39 is 20.0 Å². The van der Waals surface area contributed by atoms with E-state index in [1.165, 1.54) is 308 Å². The number of amides is 1. The third kappa shape index (κ3) is 64.4. The van der Waals surface area contributed by atoms with Crippen LogP contribution in [0, 0.1) is 0 Å². The Hall–Kier alpha value is -1.02. The Labute approximate surface area is 494 Å². The van der Waals surface area contributed by atoms with Gasteiger partial charge in [-0.2, -0.15) is 0 Å². The van der Waals surface area contributed by atoms with Gasteiger partial charge in [-0.05, 0) is 32.1 Å². The molecule has 1 amide bonds.